The first-order valence-corrected chi connectivity index (χ1v) is 9.76. The van der Waals surface area contributed by atoms with E-state index in [1.807, 2.05) is 17.0 Å². The van der Waals surface area contributed by atoms with Crippen LogP contribution in [-0.4, -0.2) is 36.1 Å². The zero-order valence-electron chi connectivity index (χ0n) is 14.4. The number of carbonyl (C=O) groups is 1. The Hall–Kier alpha value is -2.08. The Balaban J connectivity index is 1.34. The molecule has 4 rings (SSSR count). The zero-order valence-corrected chi connectivity index (χ0v) is 15.2. The number of amides is 2. The Morgan fingerprint density at radius 3 is 2.72 bits per heavy atom. The van der Waals surface area contributed by atoms with Crippen LogP contribution in [0.1, 0.15) is 48.8 Å². The predicted octanol–water partition coefficient (Wildman–Crippen LogP) is 4.44. The quantitative estimate of drug-likeness (QED) is 0.880. The minimum absolute atomic E-state index is 0.0366. The maximum absolute atomic E-state index is 12.5. The summed E-state index contributed by atoms with van der Waals surface area (Å²) >= 11 is 1.53. The van der Waals surface area contributed by atoms with Gasteiger partial charge in [-0.25, -0.2) is 9.78 Å². The number of aromatic nitrogens is 1. The molecule has 1 unspecified atom stereocenters. The van der Waals surface area contributed by atoms with E-state index in [0.29, 0.717) is 11.8 Å². The predicted molar refractivity (Wildman–Crippen MR) is 99.6 cm³/mol. The summed E-state index contributed by atoms with van der Waals surface area (Å²) in [5, 5.41) is 5.78. The van der Waals surface area contributed by atoms with E-state index in [-0.39, 0.29) is 6.03 Å². The summed E-state index contributed by atoms with van der Waals surface area (Å²) in [7, 11) is 1.67. The molecular formula is C19H23N3O2S. The number of methoxy groups -OCH3 is 1. The molecule has 2 heterocycles. The van der Waals surface area contributed by atoms with E-state index in [9.17, 15) is 4.79 Å². The second kappa shape index (κ2) is 7.04. The SMILES string of the molecule is COc1ccc(C2CCN(C(=O)Nc3nc(C4CCC4)cs3)C2)cc1. The van der Waals surface area contributed by atoms with Crippen LogP contribution in [0.25, 0.3) is 0 Å². The Kier molecular flexibility index (Phi) is 4.61. The van der Waals surface area contributed by atoms with Gasteiger partial charge in [0.1, 0.15) is 5.75 Å². The van der Waals surface area contributed by atoms with Gasteiger partial charge < -0.3 is 9.64 Å². The number of ether oxygens (including phenoxy) is 1. The van der Waals surface area contributed by atoms with Gasteiger partial charge in [0.25, 0.3) is 0 Å². The lowest BCUT2D eigenvalue weighted by Gasteiger charge is -2.23. The number of rotatable bonds is 4. The number of carbonyl (C=O) groups excluding carboxylic acids is 1. The highest BCUT2D eigenvalue weighted by atomic mass is 32.1. The average Bonchev–Trinajstić information content (AvgIpc) is 3.23. The minimum Gasteiger partial charge on any atom is -0.497 e. The number of anilines is 1. The van der Waals surface area contributed by atoms with Gasteiger partial charge in [0.2, 0.25) is 0 Å². The number of nitrogens with one attached hydrogen (secondary N) is 1. The topological polar surface area (TPSA) is 54.5 Å². The van der Waals surface area contributed by atoms with Crippen molar-refractivity contribution in [2.24, 2.45) is 0 Å². The molecule has 1 aliphatic carbocycles. The monoisotopic (exact) mass is 357 g/mol. The highest BCUT2D eigenvalue weighted by Gasteiger charge is 2.28. The van der Waals surface area contributed by atoms with E-state index in [0.717, 1.165) is 36.1 Å². The van der Waals surface area contributed by atoms with Crippen LogP contribution in [0.5, 0.6) is 5.75 Å². The van der Waals surface area contributed by atoms with Gasteiger partial charge >= 0.3 is 6.03 Å². The highest BCUT2D eigenvalue weighted by molar-refractivity contribution is 7.13. The molecule has 6 heteroatoms. The molecule has 2 aromatic rings. The lowest BCUT2D eigenvalue weighted by Crippen LogP contribution is -2.32. The molecule has 25 heavy (non-hydrogen) atoms. The fourth-order valence-electron chi connectivity index (χ4n) is 3.50. The third-order valence-corrected chi connectivity index (χ3v) is 6.10. The van der Waals surface area contributed by atoms with E-state index in [2.05, 4.69) is 27.8 Å². The summed E-state index contributed by atoms with van der Waals surface area (Å²) in [4.78, 5) is 19.0. The minimum atomic E-state index is -0.0366. The molecule has 2 fully saturated rings. The molecule has 1 aliphatic heterocycles. The largest absolute Gasteiger partial charge is 0.497 e. The van der Waals surface area contributed by atoms with E-state index in [1.54, 1.807) is 7.11 Å². The second-order valence-corrected chi connectivity index (χ2v) is 7.70. The average molecular weight is 357 g/mol. The molecule has 1 aromatic carbocycles. The van der Waals surface area contributed by atoms with Gasteiger partial charge in [-0.3, -0.25) is 5.32 Å². The fourth-order valence-corrected chi connectivity index (χ4v) is 4.28. The molecule has 1 saturated heterocycles. The van der Waals surface area contributed by atoms with Gasteiger partial charge in [0.05, 0.1) is 12.8 Å². The van der Waals surface area contributed by atoms with E-state index < -0.39 is 0 Å². The van der Waals surface area contributed by atoms with E-state index >= 15 is 0 Å². The maximum Gasteiger partial charge on any atom is 0.323 e. The van der Waals surface area contributed by atoms with Gasteiger partial charge in [-0.1, -0.05) is 18.6 Å². The molecule has 1 saturated carbocycles. The van der Waals surface area contributed by atoms with Crippen LogP contribution in [0.3, 0.4) is 0 Å². The molecule has 0 radical (unpaired) electrons. The molecule has 1 aromatic heterocycles. The molecule has 132 valence electrons. The van der Waals surface area contributed by atoms with Crippen LogP contribution >= 0.6 is 11.3 Å². The number of urea groups is 1. The molecule has 0 bridgehead atoms. The van der Waals surface area contributed by atoms with Gasteiger partial charge in [0, 0.05) is 30.3 Å². The number of hydrogen-bond acceptors (Lipinski definition) is 4. The van der Waals surface area contributed by atoms with Gasteiger partial charge in [0.15, 0.2) is 5.13 Å². The second-order valence-electron chi connectivity index (χ2n) is 6.84. The van der Waals surface area contributed by atoms with Crippen molar-refractivity contribution in [2.45, 2.75) is 37.5 Å². The molecule has 1 atom stereocenters. The third kappa shape index (κ3) is 3.49. The fraction of sp³-hybridized carbons (Fsp3) is 0.474. The van der Waals surface area contributed by atoms with Gasteiger partial charge in [-0.05, 0) is 37.0 Å². The number of likely N-dealkylation sites (tertiary alicyclic amines) is 1. The van der Waals surface area contributed by atoms with Crippen molar-refractivity contribution in [1.29, 1.82) is 0 Å². The van der Waals surface area contributed by atoms with Crippen molar-refractivity contribution in [3.8, 4) is 5.75 Å². The molecule has 1 N–H and O–H groups in total. The summed E-state index contributed by atoms with van der Waals surface area (Å²) in [6, 6.07) is 8.11. The van der Waals surface area contributed by atoms with Crippen molar-refractivity contribution in [2.75, 3.05) is 25.5 Å². The normalized spacial score (nSPS) is 20.4. The molecule has 2 amide bonds. The Morgan fingerprint density at radius 1 is 1.24 bits per heavy atom. The van der Waals surface area contributed by atoms with Crippen molar-refractivity contribution in [3.63, 3.8) is 0 Å². The first-order chi connectivity index (χ1) is 12.2. The maximum atomic E-state index is 12.5. The number of thiazole rings is 1. The summed E-state index contributed by atoms with van der Waals surface area (Å²) in [6.45, 7) is 1.53. The summed E-state index contributed by atoms with van der Waals surface area (Å²) in [6.07, 6.45) is 4.74. The van der Waals surface area contributed by atoms with Crippen molar-refractivity contribution in [1.82, 2.24) is 9.88 Å². The summed E-state index contributed by atoms with van der Waals surface area (Å²) in [5.74, 6) is 1.86. The Morgan fingerprint density at radius 2 is 2.04 bits per heavy atom. The Labute approximate surface area is 152 Å². The summed E-state index contributed by atoms with van der Waals surface area (Å²) < 4.78 is 5.21. The number of hydrogen-bond donors (Lipinski definition) is 1. The number of benzene rings is 1. The molecule has 2 aliphatic rings. The van der Waals surface area contributed by atoms with Crippen LogP contribution in [0.15, 0.2) is 29.6 Å². The van der Waals surface area contributed by atoms with Gasteiger partial charge in [-0.15, -0.1) is 11.3 Å². The zero-order chi connectivity index (χ0) is 17.2. The van der Waals surface area contributed by atoms with Crippen LogP contribution in [0, 0.1) is 0 Å². The van der Waals surface area contributed by atoms with Crippen LogP contribution in [0.4, 0.5) is 9.93 Å². The summed E-state index contributed by atoms with van der Waals surface area (Å²) in [5.41, 5.74) is 2.40. The van der Waals surface area contributed by atoms with Gasteiger partial charge in [-0.2, -0.15) is 0 Å². The van der Waals surface area contributed by atoms with E-state index in [1.165, 1.54) is 36.2 Å². The highest BCUT2D eigenvalue weighted by Crippen LogP contribution is 2.37. The van der Waals surface area contributed by atoms with Crippen LogP contribution in [0.2, 0.25) is 0 Å². The number of nitrogens with zero attached hydrogens (tertiary/aromatic N) is 2. The van der Waals surface area contributed by atoms with Crippen molar-refractivity contribution in [3.05, 3.63) is 40.9 Å². The molecule has 0 spiro atoms. The van der Waals surface area contributed by atoms with Crippen LogP contribution < -0.4 is 10.1 Å². The molecule has 5 nitrogen and oxygen atoms in total. The lowest BCUT2D eigenvalue weighted by atomic mass is 9.83. The van der Waals surface area contributed by atoms with Crippen molar-refractivity contribution >= 4 is 22.5 Å². The third-order valence-electron chi connectivity index (χ3n) is 5.32. The standard InChI is InChI=1S/C19H23N3O2S/c1-24-16-7-5-13(6-8-16)15-9-10-22(11-15)19(23)21-18-20-17(12-25-18)14-3-2-4-14/h5-8,12,14-15H,2-4,9-11H2,1H3,(H,20,21,23). The Bertz CT molecular complexity index is 739. The van der Waals surface area contributed by atoms with Crippen molar-refractivity contribution < 1.29 is 9.53 Å². The van der Waals surface area contributed by atoms with E-state index in [4.69, 9.17) is 4.74 Å². The lowest BCUT2D eigenvalue weighted by molar-refractivity contribution is 0.222. The van der Waals surface area contributed by atoms with Crippen LogP contribution in [-0.2, 0) is 0 Å². The molecular weight excluding hydrogens is 334 g/mol. The smallest absolute Gasteiger partial charge is 0.323 e. The first-order valence-electron chi connectivity index (χ1n) is 8.88. The first kappa shape index (κ1) is 16.4.